The Balaban J connectivity index is 2.22. The minimum Gasteiger partial charge on any atom is -0.373 e. The Morgan fingerprint density at radius 1 is 1.19 bits per heavy atom. The first kappa shape index (κ1) is 15.0. The Labute approximate surface area is 119 Å². The van der Waals surface area contributed by atoms with Crippen molar-refractivity contribution in [3.05, 3.63) is 41.5 Å². The molecule has 5 nitrogen and oxygen atoms in total. The van der Waals surface area contributed by atoms with Crippen molar-refractivity contribution < 1.29 is 13.2 Å². The van der Waals surface area contributed by atoms with Crippen LogP contribution in [0.25, 0.3) is 0 Å². The molecule has 2 N–H and O–H groups in total. The highest BCUT2D eigenvalue weighted by atomic mass is 19.4. The Kier molecular flexibility index (Phi) is 4.25. The Morgan fingerprint density at radius 2 is 1.90 bits per heavy atom. The van der Waals surface area contributed by atoms with Gasteiger partial charge in [-0.1, -0.05) is 0 Å². The summed E-state index contributed by atoms with van der Waals surface area (Å²) >= 11 is 0. The van der Waals surface area contributed by atoms with Crippen molar-refractivity contribution >= 4 is 11.6 Å². The number of pyridine rings is 1. The van der Waals surface area contributed by atoms with Crippen molar-refractivity contribution in [1.29, 1.82) is 0 Å². The van der Waals surface area contributed by atoms with E-state index in [4.69, 9.17) is 0 Å². The molecule has 2 rings (SSSR count). The van der Waals surface area contributed by atoms with Crippen LogP contribution >= 0.6 is 0 Å². The van der Waals surface area contributed by atoms with Crippen LogP contribution in [0.3, 0.4) is 0 Å². The van der Waals surface area contributed by atoms with Crippen molar-refractivity contribution in [2.75, 3.05) is 17.7 Å². The van der Waals surface area contributed by atoms with Crippen molar-refractivity contribution in [3.8, 4) is 0 Å². The lowest BCUT2D eigenvalue weighted by Crippen LogP contribution is -2.14. The molecule has 21 heavy (non-hydrogen) atoms. The van der Waals surface area contributed by atoms with Crippen LogP contribution in [-0.4, -0.2) is 22.0 Å². The van der Waals surface area contributed by atoms with Crippen LogP contribution in [0.15, 0.2) is 24.5 Å². The summed E-state index contributed by atoms with van der Waals surface area (Å²) in [6.45, 7) is 2.23. The third-order valence-electron chi connectivity index (χ3n) is 2.84. The molecule has 0 unspecified atom stereocenters. The molecule has 0 atom stereocenters. The van der Waals surface area contributed by atoms with E-state index < -0.39 is 12.0 Å². The smallest absolute Gasteiger partial charge is 0.373 e. The van der Waals surface area contributed by atoms with Crippen molar-refractivity contribution in [2.45, 2.75) is 19.6 Å². The van der Waals surface area contributed by atoms with E-state index >= 15 is 0 Å². The molecule has 0 amide bonds. The lowest BCUT2D eigenvalue weighted by molar-refractivity contribution is -0.144. The van der Waals surface area contributed by atoms with Gasteiger partial charge < -0.3 is 10.6 Å². The average Bonchev–Trinajstić information content (AvgIpc) is 2.45. The maximum Gasteiger partial charge on any atom is 0.451 e. The molecule has 0 radical (unpaired) electrons. The number of anilines is 2. The second-order valence-electron chi connectivity index (χ2n) is 4.37. The van der Waals surface area contributed by atoms with Crippen LogP contribution in [0.5, 0.6) is 0 Å². The predicted octanol–water partition coefficient (Wildman–Crippen LogP) is 2.85. The lowest BCUT2D eigenvalue weighted by atomic mass is 10.1. The molecule has 0 bridgehead atoms. The minimum absolute atomic E-state index is 0.0998. The molecule has 0 aliphatic rings. The van der Waals surface area contributed by atoms with Crippen LogP contribution in [0.2, 0.25) is 0 Å². The highest BCUT2D eigenvalue weighted by Gasteiger charge is 2.35. The zero-order chi connectivity index (χ0) is 15.5. The maximum absolute atomic E-state index is 12.7. The van der Waals surface area contributed by atoms with Crippen LogP contribution in [0.4, 0.5) is 24.8 Å². The number of hydrogen-bond donors (Lipinski definition) is 2. The number of nitrogens with one attached hydrogen (secondary N) is 2. The maximum atomic E-state index is 12.7. The van der Waals surface area contributed by atoms with E-state index in [-0.39, 0.29) is 11.6 Å². The normalized spacial score (nSPS) is 11.3. The van der Waals surface area contributed by atoms with Crippen LogP contribution in [0, 0.1) is 6.92 Å². The zero-order valence-electron chi connectivity index (χ0n) is 11.5. The zero-order valence-corrected chi connectivity index (χ0v) is 11.5. The number of alkyl halides is 3. The molecular formula is C13H14F3N5. The molecule has 0 aromatic carbocycles. The summed E-state index contributed by atoms with van der Waals surface area (Å²) < 4.78 is 38.2. The van der Waals surface area contributed by atoms with E-state index in [2.05, 4.69) is 25.6 Å². The third kappa shape index (κ3) is 3.80. The van der Waals surface area contributed by atoms with Crippen molar-refractivity contribution in [2.24, 2.45) is 0 Å². The highest BCUT2D eigenvalue weighted by Crippen LogP contribution is 2.28. The Hall–Kier alpha value is -2.38. The summed E-state index contributed by atoms with van der Waals surface area (Å²) in [7, 11) is 1.50. The van der Waals surface area contributed by atoms with E-state index in [0.29, 0.717) is 6.54 Å². The molecule has 2 heterocycles. The van der Waals surface area contributed by atoms with Crippen molar-refractivity contribution in [3.63, 3.8) is 0 Å². The monoisotopic (exact) mass is 297 g/mol. The van der Waals surface area contributed by atoms with Gasteiger partial charge in [-0.2, -0.15) is 13.2 Å². The van der Waals surface area contributed by atoms with Crippen LogP contribution in [-0.2, 0) is 12.7 Å². The summed E-state index contributed by atoms with van der Waals surface area (Å²) in [6, 6.07) is 3.25. The Bertz CT molecular complexity index is 627. The first-order chi connectivity index (χ1) is 9.90. The summed E-state index contributed by atoms with van der Waals surface area (Å²) in [5.74, 6) is -0.979. The number of halogens is 3. The summed E-state index contributed by atoms with van der Waals surface area (Å²) in [4.78, 5) is 10.9. The van der Waals surface area contributed by atoms with E-state index in [9.17, 15) is 13.2 Å². The predicted molar refractivity (Wildman–Crippen MR) is 72.9 cm³/mol. The van der Waals surface area contributed by atoms with E-state index in [1.165, 1.54) is 13.1 Å². The van der Waals surface area contributed by atoms with Crippen molar-refractivity contribution in [1.82, 2.24) is 15.0 Å². The third-order valence-corrected chi connectivity index (χ3v) is 2.84. The number of rotatable bonds is 4. The van der Waals surface area contributed by atoms with Gasteiger partial charge in [0.25, 0.3) is 0 Å². The van der Waals surface area contributed by atoms with Gasteiger partial charge in [-0.25, -0.2) is 9.97 Å². The first-order valence-electron chi connectivity index (χ1n) is 6.17. The molecule has 2 aromatic rings. The molecule has 8 heteroatoms. The fraction of sp³-hybridized carbons (Fsp3) is 0.308. The van der Waals surface area contributed by atoms with E-state index in [1.54, 1.807) is 12.4 Å². The van der Waals surface area contributed by atoms with Gasteiger partial charge in [-0.3, -0.25) is 4.98 Å². The number of nitrogens with zero attached hydrogens (tertiary/aromatic N) is 3. The molecule has 0 saturated heterocycles. The van der Waals surface area contributed by atoms with Crippen LogP contribution < -0.4 is 10.6 Å². The fourth-order valence-electron chi connectivity index (χ4n) is 1.66. The Morgan fingerprint density at radius 3 is 2.52 bits per heavy atom. The quantitative estimate of drug-likeness (QED) is 0.908. The fourth-order valence-corrected chi connectivity index (χ4v) is 1.66. The summed E-state index contributed by atoms with van der Waals surface area (Å²) in [5, 5.41) is 5.44. The molecule has 0 aliphatic carbocycles. The summed E-state index contributed by atoms with van der Waals surface area (Å²) in [6.07, 6.45) is -1.27. The molecule has 2 aromatic heterocycles. The molecule has 0 spiro atoms. The van der Waals surface area contributed by atoms with Gasteiger partial charge in [0.2, 0.25) is 5.82 Å². The topological polar surface area (TPSA) is 62.7 Å². The molecule has 0 fully saturated rings. The van der Waals surface area contributed by atoms with E-state index in [1.807, 2.05) is 13.0 Å². The molecule has 0 aliphatic heterocycles. The SMILES string of the molecule is CNc1cc(NCc2cnccc2C)nc(C(F)(F)F)n1. The number of aryl methyl sites for hydroxylation is 1. The first-order valence-corrected chi connectivity index (χ1v) is 6.17. The van der Waals surface area contributed by atoms with E-state index in [0.717, 1.165) is 11.1 Å². The summed E-state index contributed by atoms with van der Waals surface area (Å²) in [5.41, 5.74) is 1.88. The molecule has 0 saturated carbocycles. The van der Waals surface area contributed by atoms with Crippen LogP contribution in [0.1, 0.15) is 17.0 Å². The number of aromatic nitrogens is 3. The number of hydrogen-bond acceptors (Lipinski definition) is 5. The molecule has 112 valence electrons. The van der Waals surface area contributed by atoms with Gasteiger partial charge in [-0.15, -0.1) is 0 Å². The van der Waals surface area contributed by atoms with Gasteiger partial charge in [0, 0.05) is 32.1 Å². The average molecular weight is 297 g/mol. The van der Waals surface area contributed by atoms with Gasteiger partial charge in [0.15, 0.2) is 0 Å². The van der Waals surface area contributed by atoms with Gasteiger partial charge in [-0.05, 0) is 24.1 Å². The highest BCUT2D eigenvalue weighted by molar-refractivity contribution is 5.48. The second kappa shape index (κ2) is 5.94. The lowest BCUT2D eigenvalue weighted by Gasteiger charge is -2.12. The van der Waals surface area contributed by atoms with Gasteiger partial charge >= 0.3 is 6.18 Å². The second-order valence-corrected chi connectivity index (χ2v) is 4.37. The largest absolute Gasteiger partial charge is 0.451 e. The standard InChI is InChI=1S/C13H14F3N5/c1-8-3-4-18-6-9(8)7-19-11-5-10(17-2)20-12(21-11)13(14,15)16/h3-6H,7H2,1-2H3,(H2,17,19,20,21). The van der Waals surface area contributed by atoms with Gasteiger partial charge in [0.05, 0.1) is 0 Å². The van der Waals surface area contributed by atoms with Gasteiger partial charge in [0.1, 0.15) is 11.6 Å². The minimum atomic E-state index is -4.59. The molecular weight excluding hydrogens is 283 g/mol.